The Morgan fingerprint density at radius 1 is 1.30 bits per heavy atom. The fraction of sp³-hybridized carbons (Fsp3) is 0.333. The van der Waals surface area contributed by atoms with Gasteiger partial charge in [0.2, 0.25) is 0 Å². The molecule has 2 N–H and O–H groups in total. The Bertz CT molecular complexity index is 733. The van der Waals surface area contributed by atoms with Gasteiger partial charge in [-0.1, -0.05) is 17.7 Å². The Hall–Kier alpha value is -1.91. The van der Waals surface area contributed by atoms with Crippen molar-refractivity contribution in [2.45, 2.75) is 13.0 Å². The van der Waals surface area contributed by atoms with Crippen LogP contribution in [0.1, 0.15) is 5.56 Å². The molecule has 122 valence electrons. The van der Waals surface area contributed by atoms with Gasteiger partial charge in [-0.3, -0.25) is 0 Å². The third kappa shape index (κ3) is 2.84. The Balaban J connectivity index is 2.18. The summed E-state index contributed by atoms with van der Waals surface area (Å²) in [5, 5.41) is 0.661. The number of nitrogens with two attached hydrogens (primary N) is 1. The van der Waals surface area contributed by atoms with E-state index in [-0.39, 0.29) is 6.04 Å². The number of hydrogen-bond donors (Lipinski definition) is 1. The van der Waals surface area contributed by atoms with Gasteiger partial charge in [-0.25, -0.2) is 0 Å². The van der Waals surface area contributed by atoms with E-state index in [0.29, 0.717) is 18.2 Å². The van der Waals surface area contributed by atoms with Gasteiger partial charge in [-0.05, 0) is 36.2 Å². The summed E-state index contributed by atoms with van der Waals surface area (Å²) in [6.45, 7) is 3.18. The maximum absolute atomic E-state index is 6.31. The fourth-order valence-electron chi connectivity index (χ4n) is 3.03. The molecule has 0 bridgehead atoms. The van der Waals surface area contributed by atoms with Crippen LogP contribution in [0.4, 0.5) is 5.69 Å². The highest BCUT2D eigenvalue weighted by molar-refractivity contribution is 6.31. The van der Waals surface area contributed by atoms with Crippen LogP contribution in [0.15, 0.2) is 30.3 Å². The molecule has 0 spiro atoms. The predicted molar refractivity (Wildman–Crippen MR) is 94.9 cm³/mol. The van der Waals surface area contributed by atoms with Gasteiger partial charge in [0, 0.05) is 30.2 Å². The van der Waals surface area contributed by atoms with Crippen molar-refractivity contribution in [3.63, 3.8) is 0 Å². The average molecular weight is 333 g/mol. The second kappa shape index (κ2) is 6.30. The quantitative estimate of drug-likeness (QED) is 0.934. The molecule has 0 saturated carbocycles. The first-order valence-electron chi connectivity index (χ1n) is 7.59. The van der Waals surface area contributed by atoms with Crippen LogP contribution in [-0.4, -0.2) is 33.4 Å². The topological polar surface area (TPSA) is 47.7 Å². The first-order chi connectivity index (χ1) is 11.0. The highest BCUT2D eigenvalue weighted by Crippen LogP contribution is 2.44. The maximum atomic E-state index is 6.31. The van der Waals surface area contributed by atoms with Crippen molar-refractivity contribution in [1.82, 2.24) is 0 Å². The average Bonchev–Trinajstić information content (AvgIpc) is 2.54. The number of anilines is 1. The molecule has 1 heterocycles. The molecule has 0 radical (unpaired) electrons. The summed E-state index contributed by atoms with van der Waals surface area (Å²) in [4.78, 5) is 2.19. The molecule has 0 unspecified atom stereocenters. The van der Waals surface area contributed by atoms with Crippen molar-refractivity contribution in [3.8, 4) is 22.6 Å². The lowest BCUT2D eigenvalue weighted by Gasteiger charge is -2.37. The first kappa shape index (κ1) is 16.0. The summed E-state index contributed by atoms with van der Waals surface area (Å²) in [7, 11) is 3.72. The van der Waals surface area contributed by atoms with Crippen LogP contribution in [0.25, 0.3) is 11.1 Å². The maximum Gasteiger partial charge on any atom is 0.144 e. The molecule has 3 rings (SSSR count). The summed E-state index contributed by atoms with van der Waals surface area (Å²) >= 11 is 6.31. The van der Waals surface area contributed by atoms with Crippen molar-refractivity contribution in [2.75, 3.05) is 32.2 Å². The number of halogens is 1. The third-order valence-corrected chi connectivity index (χ3v) is 4.59. The Kier molecular flexibility index (Phi) is 4.37. The van der Waals surface area contributed by atoms with E-state index in [4.69, 9.17) is 26.8 Å². The third-order valence-electron chi connectivity index (χ3n) is 4.37. The van der Waals surface area contributed by atoms with E-state index >= 15 is 0 Å². The highest BCUT2D eigenvalue weighted by Gasteiger charge is 2.27. The molecule has 0 aliphatic carbocycles. The number of benzene rings is 2. The van der Waals surface area contributed by atoms with E-state index in [0.717, 1.165) is 33.9 Å². The van der Waals surface area contributed by atoms with Crippen molar-refractivity contribution >= 4 is 17.3 Å². The molecule has 0 amide bonds. The Morgan fingerprint density at radius 2 is 2.09 bits per heavy atom. The summed E-state index contributed by atoms with van der Waals surface area (Å²) in [5.74, 6) is 1.64. The van der Waals surface area contributed by atoms with Gasteiger partial charge >= 0.3 is 0 Å². The minimum atomic E-state index is 0.154. The van der Waals surface area contributed by atoms with Crippen LogP contribution in [0.2, 0.25) is 5.02 Å². The van der Waals surface area contributed by atoms with E-state index < -0.39 is 0 Å². The van der Waals surface area contributed by atoms with Crippen LogP contribution in [-0.2, 0) is 0 Å². The number of nitrogens with zero attached hydrogens (tertiary/aromatic N) is 1. The Labute approximate surface area is 141 Å². The molecule has 23 heavy (non-hydrogen) atoms. The van der Waals surface area contributed by atoms with E-state index in [1.165, 1.54) is 0 Å². The van der Waals surface area contributed by atoms with E-state index in [1.807, 2.05) is 24.3 Å². The minimum absolute atomic E-state index is 0.154. The van der Waals surface area contributed by atoms with Crippen LogP contribution >= 0.6 is 11.6 Å². The number of ether oxygens (including phenoxy) is 2. The zero-order valence-electron chi connectivity index (χ0n) is 13.6. The monoisotopic (exact) mass is 332 g/mol. The summed E-state index contributed by atoms with van der Waals surface area (Å²) in [5.41, 5.74) is 10.2. The second-order valence-electron chi connectivity index (χ2n) is 5.79. The van der Waals surface area contributed by atoms with Crippen LogP contribution in [0.5, 0.6) is 11.5 Å². The highest BCUT2D eigenvalue weighted by atomic mass is 35.5. The molecule has 2 aromatic carbocycles. The van der Waals surface area contributed by atoms with E-state index in [2.05, 4.69) is 24.9 Å². The van der Waals surface area contributed by atoms with Crippen molar-refractivity contribution in [2.24, 2.45) is 5.73 Å². The smallest absolute Gasteiger partial charge is 0.144 e. The van der Waals surface area contributed by atoms with Gasteiger partial charge in [-0.2, -0.15) is 0 Å². The molecule has 0 aromatic heterocycles. The van der Waals surface area contributed by atoms with E-state index in [9.17, 15) is 0 Å². The fourth-order valence-corrected chi connectivity index (χ4v) is 3.23. The number of methoxy groups -OCH3 is 1. The number of rotatable bonds is 3. The van der Waals surface area contributed by atoms with E-state index in [1.54, 1.807) is 7.11 Å². The normalized spacial score (nSPS) is 16.7. The lowest BCUT2D eigenvalue weighted by atomic mass is 9.96. The van der Waals surface area contributed by atoms with Crippen LogP contribution in [0.3, 0.4) is 0 Å². The molecule has 0 fully saturated rings. The largest absolute Gasteiger partial charge is 0.497 e. The molecule has 4 nitrogen and oxygen atoms in total. The second-order valence-corrected chi connectivity index (χ2v) is 6.23. The SMILES string of the molecule is COc1ccc(-c2cc(Cl)cc3c2N(C)[C@@H](CN)CO3)c(C)c1. The Morgan fingerprint density at radius 3 is 2.74 bits per heavy atom. The van der Waals surface area contributed by atoms with Crippen molar-refractivity contribution in [1.29, 1.82) is 0 Å². The predicted octanol–water partition coefficient (Wildman–Crippen LogP) is 3.48. The number of aryl methyl sites for hydroxylation is 1. The number of fused-ring (bicyclic) bond motifs is 1. The molecular weight excluding hydrogens is 312 g/mol. The molecule has 1 aliphatic rings. The number of hydrogen-bond acceptors (Lipinski definition) is 4. The lowest BCUT2D eigenvalue weighted by molar-refractivity contribution is 0.269. The minimum Gasteiger partial charge on any atom is -0.497 e. The van der Waals surface area contributed by atoms with Crippen molar-refractivity contribution in [3.05, 3.63) is 40.9 Å². The standard InChI is InChI=1S/C18H21ClN2O2/c1-11-6-14(22-3)4-5-15(11)16-7-12(19)8-17-18(16)21(2)13(9-20)10-23-17/h4-8,13H,9-10,20H2,1-3H3/t13-/m0/s1. The van der Waals surface area contributed by atoms with Gasteiger partial charge in [0.1, 0.15) is 18.1 Å². The first-order valence-corrected chi connectivity index (χ1v) is 7.97. The summed E-state index contributed by atoms with van der Waals surface area (Å²) in [6.07, 6.45) is 0. The van der Waals surface area contributed by atoms with Crippen LogP contribution in [0, 0.1) is 6.92 Å². The summed E-state index contributed by atoms with van der Waals surface area (Å²) < 4.78 is 11.2. The van der Waals surface area contributed by atoms with Crippen molar-refractivity contribution < 1.29 is 9.47 Å². The van der Waals surface area contributed by atoms with Gasteiger partial charge in [0.15, 0.2) is 0 Å². The number of likely N-dealkylation sites (N-methyl/N-ethyl adjacent to an activating group) is 1. The molecule has 5 heteroatoms. The summed E-state index contributed by atoms with van der Waals surface area (Å²) in [6, 6.07) is 10.0. The van der Waals surface area contributed by atoms with Gasteiger partial charge in [-0.15, -0.1) is 0 Å². The molecule has 1 aliphatic heterocycles. The molecule has 0 saturated heterocycles. The lowest BCUT2D eigenvalue weighted by Crippen LogP contribution is -2.45. The molecule has 1 atom stereocenters. The zero-order valence-corrected chi connectivity index (χ0v) is 14.4. The zero-order chi connectivity index (χ0) is 16.6. The van der Waals surface area contributed by atoms with Gasteiger partial charge < -0.3 is 20.1 Å². The van der Waals surface area contributed by atoms with Gasteiger partial charge in [0.25, 0.3) is 0 Å². The molecule has 2 aromatic rings. The van der Waals surface area contributed by atoms with Crippen LogP contribution < -0.4 is 20.1 Å². The van der Waals surface area contributed by atoms with Gasteiger partial charge in [0.05, 0.1) is 18.8 Å². The molecular formula is C18H21ClN2O2.